The second-order valence-electron chi connectivity index (χ2n) is 5.62. The van der Waals surface area contributed by atoms with Crippen molar-refractivity contribution >= 4 is 11.9 Å². The Morgan fingerprint density at radius 1 is 1.37 bits per heavy atom. The predicted molar refractivity (Wildman–Crippen MR) is 79.8 cm³/mol. The maximum absolute atomic E-state index is 12.7. The number of hydrogen-bond donors (Lipinski definition) is 3. The van der Waals surface area contributed by atoms with Gasteiger partial charge in [-0.05, 0) is 5.92 Å². The number of methoxy groups -OCH3 is 1. The van der Waals surface area contributed by atoms with Gasteiger partial charge in [-0.25, -0.2) is 18.6 Å². The minimum atomic E-state index is -5.08. The summed E-state index contributed by atoms with van der Waals surface area (Å²) in [4.78, 5) is 28.6. The predicted octanol–water partition coefficient (Wildman–Crippen LogP) is 1.11. The Labute approximate surface area is 149 Å². The van der Waals surface area contributed by atoms with E-state index >= 15 is 0 Å². The number of nitrogens with two attached hydrogens (primary N) is 1. The van der Waals surface area contributed by atoms with Crippen molar-refractivity contribution in [1.82, 2.24) is 15.3 Å². The maximum Gasteiger partial charge on any atom is 0.490 e. The number of aliphatic carboxylic acids is 1. The lowest BCUT2D eigenvalue weighted by molar-refractivity contribution is -0.192. The monoisotopic (exact) mass is 400 g/mol. The van der Waals surface area contributed by atoms with Crippen LogP contribution in [0.3, 0.4) is 0 Å². The molecule has 8 nitrogen and oxygen atoms in total. The quantitative estimate of drug-likeness (QED) is 0.632. The summed E-state index contributed by atoms with van der Waals surface area (Å²) in [5.74, 6) is -5.99. The Kier molecular flexibility index (Phi) is 7.39. The van der Waals surface area contributed by atoms with E-state index in [-0.39, 0.29) is 19.4 Å². The van der Waals surface area contributed by atoms with Gasteiger partial charge in [0.15, 0.2) is 0 Å². The molecule has 0 aliphatic heterocycles. The highest BCUT2D eigenvalue weighted by Gasteiger charge is 2.49. The number of hydrogen-bond acceptors (Lipinski definition) is 6. The highest BCUT2D eigenvalue weighted by molar-refractivity contribution is 5.81. The molecule has 1 saturated carbocycles. The molecule has 1 aromatic heterocycles. The van der Waals surface area contributed by atoms with Gasteiger partial charge in [0, 0.05) is 12.8 Å². The molecule has 0 bridgehead atoms. The maximum atomic E-state index is 12.7. The first-order valence-corrected chi connectivity index (χ1v) is 7.42. The highest BCUT2D eigenvalue weighted by Crippen LogP contribution is 2.43. The normalized spacial score (nSPS) is 17.0. The summed E-state index contributed by atoms with van der Waals surface area (Å²) in [6.07, 6.45) is -2.86. The van der Waals surface area contributed by atoms with Gasteiger partial charge in [-0.2, -0.15) is 13.2 Å². The number of nitrogens with zero attached hydrogens (tertiary/aromatic N) is 2. The molecule has 13 heteroatoms. The summed E-state index contributed by atoms with van der Waals surface area (Å²) in [7, 11) is 1.47. The van der Waals surface area contributed by atoms with Gasteiger partial charge in [0.2, 0.25) is 17.7 Å². The number of alkyl halides is 5. The first kappa shape index (κ1) is 22.5. The summed E-state index contributed by atoms with van der Waals surface area (Å²) in [5.41, 5.74) is 6.18. The van der Waals surface area contributed by atoms with Gasteiger partial charge in [-0.1, -0.05) is 0 Å². The Bertz CT molecular complexity index is 646. The zero-order valence-electron chi connectivity index (χ0n) is 14.0. The molecule has 27 heavy (non-hydrogen) atoms. The minimum Gasteiger partial charge on any atom is -0.480 e. The fourth-order valence-corrected chi connectivity index (χ4v) is 2.01. The average molecular weight is 400 g/mol. The lowest BCUT2D eigenvalue weighted by atomic mass is 9.76. The number of carbonyl (C=O) groups is 2. The largest absolute Gasteiger partial charge is 0.490 e. The molecule has 1 aromatic rings. The molecule has 1 aliphatic carbocycles. The second-order valence-corrected chi connectivity index (χ2v) is 5.62. The van der Waals surface area contributed by atoms with E-state index in [0.717, 1.165) is 0 Å². The summed E-state index contributed by atoms with van der Waals surface area (Å²) >= 11 is 0. The molecule has 0 spiro atoms. The molecule has 1 unspecified atom stereocenters. The van der Waals surface area contributed by atoms with Crippen LogP contribution in [0, 0.1) is 5.92 Å². The first-order valence-electron chi connectivity index (χ1n) is 7.42. The van der Waals surface area contributed by atoms with Crippen LogP contribution in [0.5, 0.6) is 5.88 Å². The van der Waals surface area contributed by atoms with Crippen molar-refractivity contribution in [2.45, 2.75) is 37.5 Å². The van der Waals surface area contributed by atoms with Crippen molar-refractivity contribution in [3.8, 4) is 5.88 Å². The number of aromatic nitrogens is 2. The lowest BCUT2D eigenvalue weighted by Gasteiger charge is -2.37. The number of ether oxygens (including phenoxy) is 1. The van der Waals surface area contributed by atoms with E-state index in [9.17, 15) is 26.7 Å². The van der Waals surface area contributed by atoms with E-state index in [2.05, 4.69) is 15.3 Å². The Hall–Kier alpha value is -2.57. The van der Waals surface area contributed by atoms with Gasteiger partial charge < -0.3 is 20.9 Å². The Morgan fingerprint density at radius 3 is 2.30 bits per heavy atom. The molecule has 0 saturated heterocycles. The van der Waals surface area contributed by atoms with E-state index in [0.29, 0.717) is 11.6 Å². The van der Waals surface area contributed by atoms with Crippen LogP contribution < -0.4 is 15.8 Å². The lowest BCUT2D eigenvalue weighted by Crippen LogP contribution is -2.52. The van der Waals surface area contributed by atoms with Crippen molar-refractivity contribution in [3.05, 3.63) is 18.1 Å². The summed E-state index contributed by atoms with van der Waals surface area (Å²) < 4.78 is 62.0. The molecule has 1 heterocycles. The van der Waals surface area contributed by atoms with Crippen LogP contribution in [0.15, 0.2) is 12.4 Å². The van der Waals surface area contributed by atoms with Crippen molar-refractivity contribution < 1.29 is 41.4 Å². The van der Waals surface area contributed by atoms with Crippen molar-refractivity contribution in [2.24, 2.45) is 11.7 Å². The molecule has 2 rings (SSSR count). The molecule has 1 atom stereocenters. The van der Waals surface area contributed by atoms with Crippen molar-refractivity contribution in [3.63, 3.8) is 0 Å². The van der Waals surface area contributed by atoms with Gasteiger partial charge in [-0.15, -0.1) is 0 Å². The fraction of sp³-hybridized carbons (Fsp3) is 0.571. The highest BCUT2D eigenvalue weighted by atomic mass is 19.4. The fourth-order valence-electron chi connectivity index (χ4n) is 2.01. The Balaban J connectivity index is 0.000000445. The molecule has 1 amide bonds. The number of halogens is 5. The van der Waals surface area contributed by atoms with Crippen LogP contribution in [-0.4, -0.2) is 52.2 Å². The number of carboxylic acid groups (broad SMARTS) is 1. The van der Waals surface area contributed by atoms with Crippen LogP contribution >= 0.6 is 0 Å². The molecule has 152 valence electrons. The van der Waals surface area contributed by atoms with E-state index in [1.54, 1.807) is 0 Å². The molecule has 0 radical (unpaired) electrons. The van der Waals surface area contributed by atoms with Crippen LogP contribution in [0.25, 0.3) is 0 Å². The van der Waals surface area contributed by atoms with E-state index in [1.807, 2.05) is 0 Å². The van der Waals surface area contributed by atoms with Gasteiger partial charge in [0.25, 0.3) is 0 Å². The van der Waals surface area contributed by atoms with E-state index in [4.69, 9.17) is 20.4 Å². The molecular formula is C14H17F5N4O4. The zero-order chi connectivity index (χ0) is 20.8. The van der Waals surface area contributed by atoms with Gasteiger partial charge >= 0.3 is 12.1 Å². The molecule has 4 N–H and O–H groups in total. The Morgan fingerprint density at radius 2 is 1.93 bits per heavy atom. The van der Waals surface area contributed by atoms with Gasteiger partial charge in [-0.3, -0.25) is 9.78 Å². The van der Waals surface area contributed by atoms with Crippen LogP contribution in [0.2, 0.25) is 0 Å². The van der Waals surface area contributed by atoms with Crippen LogP contribution in [0.1, 0.15) is 18.5 Å². The number of rotatable bonds is 5. The number of nitrogens with one attached hydrogen (secondary N) is 1. The second kappa shape index (κ2) is 8.88. The first-order chi connectivity index (χ1) is 12.4. The minimum absolute atomic E-state index is 0.145. The molecule has 1 fully saturated rings. The summed E-state index contributed by atoms with van der Waals surface area (Å²) in [6.45, 7) is 0.145. The van der Waals surface area contributed by atoms with Crippen LogP contribution in [0.4, 0.5) is 22.0 Å². The zero-order valence-corrected chi connectivity index (χ0v) is 14.0. The molecular weight excluding hydrogens is 383 g/mol. The van der Waals surface area contributed by atoms with Crippen LogP contribution in [-0.2, 0) is 16.1 Å². The topological polar surface area (TPSA) is 127 Å². The summed E-state index contributed by atoms with van der Waals surface area (Å²) in [5, 5.41) is 9.69. The number of carboxylic acids is 1. The smallest absolute Gasteiger partial charge is 0.480 e. The van der Waals surface area contributed by atoms with Crippen molar-refractivity contribution in [2.75, 3.05) is 7.11 Å². The van der Waals surface area contributed by atoms with Crippen molar-refractivity contribution in [1.29, 1.82) is 0 Å². The van der Waals surface area contributed by atoms with Gasteiger partial charge in [0.05, 0.1) is 37.8 Å². The average Bonchev–Trinajstić information content (AvgIpc) is 2.57. The summed E-state index contributed by atoms with van der Waals surface area (Å²) in [6, 6.07) is -0.916. The number of carbonyl (C=O) groups excluding carboxylic acids is 1. The standard InChI is InChI=1S/C12H16F2N4O2.C2HF3O2/c1-20-9-6-16-8(4-17-9)5-18-11(19)10(15)7-2-12(13,14)3-7;3-2(4,5)1(6)7/h4,6-7,10H,2-3,5,15H2,1H3,(H,18,19);(H,6,7). The third kappa shape index (κ3) is 7.29. The molecule has 0 aromatic carbocycles. The third-order valence-corrected chi connectivity index (χ3v) is 3.51. The number of amides is 1. The van der Waals surface area contributed by atoms with E-state index in [1.165, 1.54) is 19.5 Å². The SMILES string of the molecule is COc1cnc(CNC(=O)C(N)C2CC(F)(F)C2)cn1.O=C(O)C(F)(F)F. The van der Waals surface area contributed by atoms with Gasteiger partial charge in [0.1, 0.15) is 0 Å². The molecule has 1 aliphatic rings. The third-order valence-electron chi connectivity index (χ3n) is 3.51. The van der Waals surface area contributed by atoms with E-state index < -0.39 is 35.9 Å².